The number of carboxylic acids is 1. The fourth-order valence-electron chi connectivity index (χ4n) is 10.3. The number of anilines is 3. The van der Waals surface area contributed by atoms with E-state index in [1.807, 2.05) is 72.5 Å². The van der Waals surface area contributed by atoms with Crippen LogP contribution in [0.5, 0.6) is 5.75 Å². The smallest absolute Gasteiger partial charge is 0.355 e. The molecule has 74 heavy (non-hydrogen) atoms. The number of ether oxygens (including phenoxy) is 1. The first-order chi connectivity index (χ1) is 35.8. The van der Waals surface area contributed by atoms with E-state index in [9.17, 15) is 38.7 Å². The first-order valence-electron chi connectivity index (χ1n) is 24.9. The zero-order valence-electron chi connectivity index (χ0n) is 40.7. The van der Waals surface area contributed by atoms with Gasteiger partial charge in [-0.25, -0.2) is 19.2 Å². The van der Waals surface area contributed by atoms with Crippen LogP contribution in [0.15, 0.2) is 84.9 Å². The average Bonchev–Trinajstić information content (AvgIpc) is 3.92. The van der Waals surface area contributed by atoms with E-state index >= 15 is 4.39 Å². The second-order valence-electron chi connectivity index (χ2n) is 18.9. The van der Waals surface area contributed by atoms with Crippen molar-refractivity contribution >= 4 is 79.6 Å². The van der Waals surface area contributed by atoms with E-state index in [1.165, 1.54) is 17.4 Å². The predicted octanol–water partition coefficient (Wildman–Crippen LogP) is 7.79. The van der Waals surface area contributed by atoms with Crippen LogP contribution < -0.4 is 25.2 Å². The highest BCUT2D eigenvalue weighted by Crippen LogP contribution is 2.36. The first-order valence-corrected chi connectivity index (χ1v) is 25.7. The number of rotatable bonds is 16. The van der Waals surface area contributed by atoms with Crippen molar-refractivity contribution in [3.8, 4) is 16.9 Å². The number of piperidine rings is 1. The maximum absolute atomic E-state index is 15.4. The van der Waals surface area contributed by atoms with Gasteiger partial charge in [-0.1, -0.05) is 67.0 Å². The van der Waals surface area contributed by atoms with Gasteiger partial charge < -0.3 is 24.5 Å². The summed E-state index contributed by atoms with van der Waals surface area (Å²) in [5.41, 5.74) is 5.18. The number of hydrogen-bond acceptors (Lipinski definition) is 13. The molecular formula is C55H53FN8O9S. The number of pyridine rings is 1. The molecule has 4 aromatic carbocycles. The number of piperazine rings is 1. The lowest BCUT2D eigenvalue weighted by atomic mass is 9.94. The molecule has 0 spiro atoms. The highest BCUT2D eigenvalue weighted by Gasteiger charge is 2.45. The summed E-state index contributed by atoms with van der Waals surface area (Å²) in [6, 6.07) is 23.8. The third kappa shape index (κ3) is 10.0. The third-order valence-corrected chi connectivity index (χ3v) is 15.2. The quantitative estimate of drug-likeness (QED) is 0.0625. The summed E-state index contributed by atoms with van der Waals surface area (Å²) in [7, 11) is 0. The van der Waals surface area contributed by atoms with Gasteiger partial charge in [-0.2, -0.15) is 0 Å². The van der Waals surface area contributed by atoms with E-state index < -0.39 is 41.5 Å². The largest absolute Gasteiger partial charge is 0.493 e. The number of carbonyl (C=O) groups is 7. The number of halogens is 1. The number of fused-ring (bicyclic) bond motifs is 3. The molecule has 3 N–H and O–H groups in total. The lowest BCUT2D eigenvalue weighted by molar-refractivity contribution is -0.136. The minimum absolute atomic E-state index is 0.000978. The fourth-order valence-corrected chi connectivity index (χ4v) is 11.2. The van der Waals surface area contributed by atoms with Crippen molar-refractivity contribution in [3.05, 3.63) is 130 Å². The number of para-hydroxylation sites is 1. The maximum Gasteiger partial charge on any atom is 0.355 e. The van der Waals surface area contributed by atoms with Crippen LogP contribution in [0.4, 0.5) is 21.0 Å². The molecule has 2 aromatic heterocycles. The van der Waals surface area contributed by atoms with Crippen LogP contribution >= 0.6 is 11.3 Å². The molecule has 0 bridgehead atoms. The monoisotopic (exact) mass is 1020 g/mol. The molecule has 2 saturated heterocycles. The Morgan fingerprint density at radius 2 is 1.55 bits per heavy atom. The van der Waals surface area contributed by atoms with Gasteiger partial charge in [0.05, 0.1) is 33.6 Å². The molecule has 17 nitrogen and oxygen atoms in total. The Morgan fingerprint density at radius 1 is 0.797 bits per heavy atom. The zero-order valence-corrected chi connectivity index (χ0v) is 41.5. The van der Waals surface area contributed by atoms with Crippen molar-refractivity contribution in [3.63, 3.8) is 0 Å². The molecule has 1 unspecified atom stereocenters. The van der Waals surface area contributed by atoms with Crippen LogP contribution in [-0.4, -0.2) is 112 Å². The molecular weight excluding hydrogens is 968 g/mol. The summed E-state index contributed by atoms with van der Waals surface area (Å²) in [6.07, 6.45) is 5.18. The molecule has 4 aliphatic rings. The molecule has 6 amide bonds. The normalized spacial score (nSPS) is 16.6. The van der Waals surface area contributed by atoms with Crippen LogP contribution in [-0.2, 0) is 27.3 Å². The van der Waals surface area contributed by atoms with Crippen LogP contribution in [0.25, 0.3) is 21.3 Å². The minimum atomic E-state index is -1.16. The average molecular weight is 1020 g/mol. The van der Waals surface area contributed by atoms with Gasteiger partial charge in [-0.05, 0) is 103 Å². The number of nitrogens with one attached hydrogen (secondary N) is 2. The first kappa shape index (κ1) is 49.5. The van der Waals surface area contributed by atoms with E-state index in [2.05, 4.69) is 20.6 Å². The number of thiazole rings is 1. The van der Waals surface area contributed by atoms with Crippen molar-refractivity contribution in [2.45, 2.75) is 77.3 Å². The molecule has 6 heterocycles. The van der Waals surface area contributed by atoms with E-state index in [-0.39, 0.29) is 47.2 Å². The number of amides is 6. The van der Waals surface area contributed by atoms with Crippen molar-refractivity contribution in [2.75, 3.05) is 54.4 Å². The van der Waals surface area contributed by atoms with Gasteiger partial charge in [0.2, 0.25) is 17.7 Å². The summed E-state index contributed by atoms with van der Waals surface area (Å²) in [5, 5.41) is 16.1. The van der Waals surface area contributed by atoms with Crippen molar-refractivity contribution in [2.24, 2.45) is 0 Å². The Hall–Kier alpha value is -8.06. The number of unbranched alkanes of at least 4 members (excludes halogenated alkanes) is 4. The van der Waals surface area contributed by atoms with Gasteiger partial charge in [0.25, 0.3) is 17.7 Å². The maximum atomic E-state index is 15.4. The molecule has 0 aliphatic carbocycles. The molecule has 380 valence electrons. The van der Waals surface area contributed by atoms with Gasteiger partial charge in [0.1, 0.15) is 23.4 Å². The predicted molar refractivity (Wildman–Crippen MR) is 275 cm³/mol. The number of aromatic nitrogens is 2. The SMILES string of the molecule is Cc1c(OCCCCCCCC(=O)N2CCN(c3cc4c(cc3F)C(=O)N(C3CCC(=O)NC3=O)C4=O)CC2)cccc1-c1ccc(N2CCc3cccc(C(=O)Nc4nc5ccccc5s4)c3C2)nc1C(=O)O. The number of hydrogen-bond donors (Lipinski definition) is 3. The molecule has 6 aromatic rings. The Labute approximate surface area is 429 Å². The Balaban J connectivity index is 0.673. The molecule has 1 atom stereocenters. The van der Waals surface area contributed by atoms with Gasteiger partial charge in [0, 0.05) is 63.2 Å². The molecule has 4 aliphatic heterocycles. The lowest BCUT2D eigenvalue weighted by Crippen LogP contribution is -2.54. The minimum Gasteiger partial charge on any atom is -0.493 e. The van der Waals surface area contributed by atoms with Gasteiger partial charge in [-0.3, -0.25) is 44.3 Å². The number of carbonyl (C=O) groups excluding carboxylic acids is 6. The summed E-state index contributed by atoms with van der Waals surface area (Å²) < 4.78 is 22.6. The van der Waals surface area contributed by atoms with Gasteiger partial charge in [-0.15, -0.1) is 0 Å². The number of nitrogens with zero attached hydrogens (tertiary/aromatic N) is 6. The highest BCUT2D eigenvalue weighted by atomic mass is 32.1. The standard InChI is InChI=1S/C55H53FN8O9S/c1-32-34(35-18-20-46(58-49(35)54(71)72)63-23-22-33-11-9-13-36(39(33)31-63)50(67)60-55-57-41-14-6-7-16-45(41)74-55)12-10-15-44(32)73-28-8-4-2-3-5-17-48(66)62-26-24-61(25-27-62)43-30-38-37(29-40(43)56)52(69)64(53(38)70)42-19-21-47(65)59-51(42)68/h6-7,9-16,18,20,29-30,42H,2-5,8,17,19,21-28,31H2,1H3,(H,71,72)(H,57,60,67)(H,59,65,68). The van der Waals surface area contributed by atoms with Crippen LogP contribution in [0.2, 0.25) is 0 Å². The summed E-state index contributed by atoms with van der Waals surface area (Å²) in [5.74, 6) is -3.62. The number of benzene rings is 4. The zero-order chi connectivity index (χ0) is 51.6. The van der Waals surface area contributed by atoms with Gasteiger partial charge in [0.15, 0.2) is 10.8 Å². The topological polar surface area (TPSA) is 212 Å². The van der Waals surface area contributed by atoms with E-state index in [0.29, 0.717) is 98.5 Å². The summed E-state index contributed by atoms with van der Waals surface area (Å²) in [4.78, 5) is 106. The summed E-state index contributed by atoms with van der Waals surface area (Å²) in [6.45, 7) is 4.74. The van der Waals surface area contributed by atoms with Crippen molar-refractivity contribution in [1.82, 2.24) is 25.1 Å². The third-order valence-electron chi connectivity index (χ3n) is 14.3. The molecule has 19 heteroatoms. The Morgan fingerprint density at radius 3 is 2.34 bits per heavy atom. The number of carboxylic acid groups (broad SMARTS) is 1. The second-order valence-corrected chi connectivity index (χ2v) is 19.9. The Kier molecular flexibility index (Phi) is 14.2. The van der Waals surface area contributed by atoms with Crippen LogP contribution in [0, 0.1) is 12.7 Å². The van der Waals surface area contributed by atoms with Gasteiger partial charge >= 0.3 is 5.97 Å². The molecule has 2 fully saturated rings. The molecule has 0 radical (unpaired) electrons. The second kappa shape index (κ2) is 21.2. The van der Waals surface area contributed by atoms with Crippen molar-refractivity contribution < 1.29 is 47.8 Å². The van der Waals surface area contributed by atoms with Crippen LogP contribution in [0.3, 0.4) is 0 Å². The fraction of sp³-hybridized carbons (Fsp3) is 0.327. The Bertz CT molecular complexity index is 3230. The van der Waals surface area contributed by atoms with E-state index in [4.69, 9.17) is 4.74 Å². The highest BCUT2D eigenvalue weighted by molar-refractivity contribution is 7.22. The van der Waals surface area contributed by atoms with E-state index in [0.717, 1.165) is 63.6 Å². The lowest BCUT2D eigenvalue weighted by Gasteiger charge is -2.36. The van der Waals surface area contributed by atoms with Crippen molar-refractivity contribution in [1.29, 1.82) is 0 Å². The van der Waals surface area contributed by atoms with E-state index in [1.54, 1.807) is 21.9 Å². The molecule has 10 rings (SSSR count). The number of imide groups is 2. The van der Waals surface area contributed by atoms with Crippen LogP contribution in [0.1, 0.15) is 110 Å². The summed E-state index contributed by atoms with van der Waals surface area (Å²) >= 11 is 1.41. The number of aromatic carboxylic acids is 1. The molecule has 0 saturated carbocycles.